The molecule has 4 rings (SSSR count). The van der Waals surface area contributed by atoms with Gasteiger partial charge < -0.3 is 0 Å². The van der Waals surface area contributed by atoms with Gasteiger partial charge in [0.25, 0.3) is 0 Å². The predicted molar refractivity (Wildman–Crippen MR) is 116 cm³/mol. The molecule has 2 aliphatic rings. The number of rotatable bonds is 4. The van der Waals surface area contributed by atoms with Gasteiger partial charge in [0.2, 0.25) is 10.0 Å². The normalized spacial score (nSPS) is 18.6. The molecule has 0 aromatic heterocycles. The molecule has 0 bridgehead atoms. The third-order valence-electron chi connectivity index (χ3n) is 5.89. The zero-order chi connectivity index (χ0) is 20.6. The van der Waals surface area contributed by atoms with Crippen molar-refractivity contribution in [1.82, 2.24) is 9.21 Å². The lowest BCUT2D eigenvalue weighted by Crippen LogP contribution is -2.42. The van der Waals surface area contributed by atoms with E-state index in [-0.39, 0.29) is 12.4 Å². The van der Waals surface area contributed by atoms with Gasteiger partial charge in [0.1, 0.15) is 16.5 Å². The molecule has 0 saturated carbocycles. The Kier molecular flexibility index (Phi) is 7.40. The highest BCUT2D eigenvalue weighted by atomic mass is 35.5. The van der Waals surface area contributed by atoms with Crippen LogP contribution in [0.2, 0.25) is 5.02 Å². The van der Waals surface area contributed by atoms with E-state index >= 15 is 0 Å². The summed E-state index contributed by atoms with van der Waals surface area (Å²) in [5.74, 6) is -1.68. The summed E-state index contributed by atoms with van der Waals surface area (Å²) >= 11 is 5.67. The molecule has 2 aromatic rings. The number of hydrogen-bond donors (Lipinski definition) is 0. The molecule has 0 radical (unpaired) electrons. The van der Waals surface area contributed by atoms with Gasteiger partial charge in [-0.2, -0.15) is 4.31 Å². The van der Waals surface area contributed by atoms with Crippen molar-refractivity contribution in [3.05, 3.63) is 64.2 Å². The van der Waals surface area contributed by atoms with E-state index in [2.05, 4.69) is 29.2 Å². The number of halogens is 4. The van der Waals surface area contributed by atoms with Gasteiger partial charge in [-0.05, 0) is 42.4 Å². The van der Waals surface area contributed by atoms with E-state index in [9.17, 15) is 17.2 Å². The van der Waals surface area contributed by atoms with Crippen molar-refractivity contribution in [1.29, 1.82) is 0 Å². The van der Waals surface area contributed by atoms with Crippen molar-refractivity contribution < 1.29 is 17.2 Å². The van der Waals surface area contributed by atoms with Crippen molar-refractivity contribution in [2.75, 3.05) is 26.2 Å². The topological polar surface area (TPSA) is 40.6 Å². The maximum atomic E-state index is 14.1. The fraction of sp³-hybridized carbons (Fsp3) is 0.429. The minimum Gasteiger partial charge on any atom is -0.298 e. The molecule has 2 aliphatic heterocycles. The van der Waals surface area contributed by atoms with Gasteiger partial charge in [0.15, 0.2) is 0 Å². The molecule has 1 saturated heterocycles. The minimum atomic E-state index is -4.03. The molecule has 2 heterocycles. The van der Waals surface area contributed by atoms with Crippen LogP contribution in [0.15, 0.2) is 41.3 Å². The molecule has 0 aliphatic carbocycles. The highest BCUT2D eigenvalue weighted by Gasteiger charge is 2.33. The second-order valence-electron chi connectivity index (χ2n) is 7.80. The summed E-state index contributed by atoms with van der Waals surface area (Å²) in [6.45, 7) is 3.51. The lowest BCUT2D eigenvalue weighted by Gasteiger charge is -2.36. The number of sulfonamides is 1. The van der Waals surface area contributed by atoms with Crippen molar-refractivity contribution >= 4 is 34.0 Å². The molecule has 9 heteroatoms. The van der Waals surface area contributed by atoms with Gasteiger partial charge in [0.05, 0.1) is 5.02 Å². The Labute approximate surface area is 187 Å². The Balaban J connectivity index is 0.00000256. The molecule has 164 valence electrons. The standard InChI is InChI=1S/C21H23ClF2N2O2S.ClH/c22-18-11-21(20(24)12-19(18)23)29(27,28)26-9-5-15(6-10-26)13-25-8-7-16-3-1-2-4-17(16)14-25;/h1-4,11-12,15H,5-10,13-14H2;1H. The summed E-state index contributed by atoms with van der Waals surface area (Å²) < 4.78 is 54.3. The summed E-state index contributed by atoms with van der Waals surface area (Å²) in [5, 5.41) is -0.398. The molecule has 0 amide bonds. The largest absolute Gasteiger partial charge is 0.298 e. The molecular weight excluding hydrogens is 453 g/mol. The monoisotopic (exact) mass is 476 g/mol. The Morgan fingerprint density at radius 1 is 1.00 bits per heavy atom. The van der Waals surface area contributed by atoms with Crippen molar-refractivity contribution in [2.45, 2.75) is 30.7 Å². The smallest absolute Gasteiger partial charge is 0.246 e. The third-order valence-corrected chi connectivity index (χ3v) is 8.10. The van der Waals surface area contributed by atoms with Gasteiger partial charge in [-0.3, -0.25) is 4.90 Å². The van der Waals surface area contributed by atoms with Gasteiger partial charge in [-0.1, -0.05) is 35.9 Å². The van der Waals surface area contributed by atoms with Crippen LogP contribution < -0.4 is 0 Å². The van der Waals surface area contributed by atoms with E-state index in [0.717, 1.165) is 32.1 Å². The molecule has 0 N–H and O–H groups in total. The summed E-state index contributed by atoms with van der Waals surface area (Å²) in [4.78, 5) is 1.87. The summed E-state index contributed by atoms with van der Waals surface area (Å²) in [6.07, 6.45) is 2.47. The lowest BCUT2D eigenvalue weighted by atomic mass is 9.94. The number of nitrogens with zero attached hydrogens (tertiary/aromatic N) is 2. The molecule has 0 unspecified atom stereocenters. The predicted octanol–water partition coefficient (Wildman–Crippen LogP) is 4.50. The maximum Gasteiger partial charge on any atom is 0.246 e. The highest BCUT2D eigenvalue weighted by Crippen LogP contribution is 2.29. The fourth-order valence-corrected chi connectivity index (χ4v) is 6.02. The minimum absolute atomic E-state index is 0. The number of benzene rings is 2. The second kappa shape index (κ2) is 9.49. The average Bonchev–Trinajstić information content (AvgIpc) is 2.71. The SMILES string of the molecule is Cl.O=S(=O)(c1cc(Cl)c(F)cc1F)N1CCC(CN2CCc3ccccc3C2)CC1. The number of fused-ring (bicyclic) bond motifs is 1. The van der Waals surface area contributed by atoms with E-state index in [4.69, 9.17) is 11.6 Å². The third kappa shape index (κ3) is 4.81. The molecule has 0 atom stereocenters. The van der Waals surface area contributed by atoms with E-state index in [1.807, 2.05) is 0 Å². The maximum absolute atomic E-state index is 14.1. The quantitative estimate of drug-likeness (QED) is 0.609. The first-order valence-electron chi connectivity index (χ1n) is 9.78. The van der Waals surface area contributed by atoms with Crippen LogP contribution in [-0.2, 0) is 23.0 Å². The second-order valence-corrected chi connectivity index (χ2v) is 10.1. The van der Waals surface area contributed by atoms with Crippen molar-refractivity contribution in [2.24, 2.45) is 5.92 Å². The number of hydrogen-bond acceptors (Lipinski definition) is 3. The van der Waals surface area contributed by atoms with Gasteiger partial charge >= 0.3 is 0 Å². The fourth-order valence-electron chi connectivity index (χ4n) is 4.25. The lowest BCUT2D eigenvalue weighted by molar-refractivity contribution is 0.171. The molecule has 30 heavy (non-hydrogen) atoms. The van der Waals surface area contributed by atoms with Gasteiger partial charge in [-0.25, -0.2) is 17.2 Å². The Bertz CT molecular complexity index is 1010. The first kappa shape index (κ1) is 23.4. The zero-order valence-corrected chi connectivity index (χ0v) is 18.7. The van der Waals surface area contributed by atoms with Crippen LogP contribution >= 0.6 is 24.0 Å². The Morgan fingerprint density at radius 2 is 1.67 bits per heavy atom. The Morgan fingerprint density at radius 3 is 2.37 bits per heavy atom. The number of piperidine rings is 1. The summed E-state index contributed by atoms with van der Waals surface area (Å²) in [7, 11) is -4.03. The first-order valence-corrected chi connectivity index (χ1v) is 11.6. The van der Waals surface area contributed by atoms with E-state index in [0.29, 0.717) is 37.9 Å². The molecule has 1 fully saturated rings. The average molecular weight is 477 g/mol. The van der Waals surface area contributed by atoms with Crippen LogP contribution in [0.4, 0.5) is 8.78 Å². The van der Waals surface area contributed by atoms with Gasteiger partial charge in [0, 0.05) is 38.8 Å². The van der Waals surface area contributed by atoms with Crippen LogP contribution in [0, 0.1) is 17.6 Å². The van der Waals surface area contributed by atoms with Crippen molar-refractivity contribution in [3.8, 4) is 0 Å². The zero-order valence-electron chi connectivity index (χ0n) is 16.4. The van der Waals surface area contributed by atoms with Crippen LogP contribution in [0.25, 0.3) is 0 Å². The first-order chi connectivity index (χ1) is 13.8. The van der Waals surface area contributed by atoms with Crippen LogP contribution in [0.1, 0.15) is 24.0 Å². The van der Waals surface area contributed by atoms with Crippen LogP contribution in [-0.4, -0.2) is 43.8 Å². The Hall–Kier alpha value is -1.25. The summed E-state index contributed by atoms with van der Waals surface area (Å²) in [5.41, 5.74) is 2.77. The van der Waals surface area contributed by atoms with E-state index < -0.39 is 31.6 Å². The van der Waals surface area contributed by atoms with Crippen LogP contribution in [0.3, 0.4) is 0 Å². The molecule has 2 aromatic carbocycles. The molecule has 0 spiro atoms. The highest BCUT2D eigenvalue weighted by molar-refractivity contribution is 7.89. The van der Waals surface area contributed by atoms with E-state index in [1.165, 1.54) is 15.4 Å². The van der Waals surface area contributed by atoms with Crippen molar-refractivity contribution in [3.63, 3.8) is 0 Å². The van der Waals surface area contributed by atoms with Crippen LogP contribution in [0.5, 0.6) is 0 Å². The van der Waals surface area contributed by atoms with E-state index in [1.54, 1.807) is 0 Å². The molecule has 4 nitrogen and oxygen atoms in total. The summed E-state index contributed by atoms with van der Waals surface area (Å²) in [6, 6.07) is 9.86. The van der Waals surface area contributed by atoms with Gasteiger partial charge in [-0.15, -0.1) is 12.4 Å². The molecular formula is C21H24Cl2F2N2O2S.